The van der Waals surface area contributed by atoms with Crippen LogP contribution in [0.5, 0.6) is 0 Å². The van der Waals surface area contributed by atoms with Crippen LogP contribution >= 0.6 is 11.3 Å². The molecular weight excluding hydrogens is 629 g/mol. The summed E-state index contributed by atoms with van der Waals surface area (Å²) in [7, 11) is 0. The summed E-state index contributed by atoms with van der Waals surface area (Å²) in [6.45, 7) is 0. The third kappa shape index (κ3) is 4.03. The van der Waals surface area contributed by atoms with Crippen LogP contribution in [0, 0.1) is 0 Å². The summed E-state index contributed by atoms with van der Waals surface area (Å²) in [4.78, 5) is 6.25. The molecule has 0 aliphatic heterocycles. The molecule has 3 aromatic heterocycles. The number of thiophene rings is 1. The van der Waals surface area contributed by atoms with Gasteiger partial charge in [-0.15, -0.1) is 11.3 Å². The maximum Gasteiger partial charge on any atom is 0.159 e. The summed E-state index contributed by atoms with van der Waals surface area (Å²) < 4.78 is 9.30. The first-order valence-corrected chi connectivity index (χ1v) is 17.7. The molecule has 3 heterocycles. The van der Waals surface area contributed by atoms with Gasteiger partial charge in [0.2, 0.25) is 0 Å². The van der Waals surface area contributed by atoms with Crippen LogP contribution in [0.3, 0.4) is 0 Å². The van der Waals surface area contributed by atoms with Crippen LogP contribution in [0.4, 0.5) is 17.1 Å². The standard InChI is InChI=1S/C46H28N2OS/c1-2-11-30-26-31(21-20-28(30)10-1)29-22-24-32(25-23-29)48(39-17-9-15-35-33-12-4-7-18-41(33)49-45(35)39)40-27-37-34-13-5-8-19-42(34)50-46(37)43-36-14-3-6-16-38(36)47-44(40)43/h1-27,47H. The fraction of sp³-hybridized carbons (Fsp3) is 0. The van der Waals surface area contributed by atoms with Gasteiger partial charge in [-0.25, -0.2) is 0 Å². The highest BCUT2D eigenvalue weighted by Crippen LogP contribution is 2.50. The van der Waals surface area contributed by atoms with Gasteiger partial charge in [-0.2, -0.15) is 0 Å². The quantitative estimate of drug-likeness (QED) is 0.204. The lowest BCUT2D eigenvalue weighted by Crippen LogP contribution is -2.11. The zero-order valence-corrected chi connectivity index (χ0v) is 27.7. The molecule has 0 aliphatic carbocycles. The highest BCUT2D eigenvalue weighted by Gasteiger charge is 2.25. The van der Waals surface area contributed by atoms with Gasteiger partial charge in [-0.05, 0) is 70.4 Å². The lowest BCUT2D eigenvalue weighted by atomic mass is 10.0. The van der Waals surface area contributed by atoms with Crippen molar-refractivity contribution in [3.8, 4) is 11.1 Å². The second-order valence-electron chi connectivity index (χ2n) is 13.0. The van der Waals surface area contributed by atoms with E-state index in [9.17, 15) is 0 Å². The molecule has 50 heavy (non-hydrogen) atoms. The van der Waals surface area contributed by atoms with Crippen molar-refractivity contribution in [2.75, 3.05) is 4.90 Å². The second kappa shape index (κ2) is 10.6. The van der Waals surface area contributed by atoms with Crippen molar-refractivity contribution in [2.24, 2.45) is 0 Å². The molecule has 4 heteroatoms. The zero-order valence-electron chi connectivity index (χ0n) is 26.9. The summed E-state index contributed by atoms with van der Waals surface area (Å²) in [6, 6.07) is 58.9. The van der Waals surface area contributed by atoms with E-state index in [0.29, 0.717) is 0 Å². The van der Waals surface area contributed by atoms with E-state index in [0.717, 1.165) is 50.0 Å². The molecule has 0 fully saturated rings. The van der Waals surface area contributed by atoms with E-state index in [1.54, 1.807) is 0 Å². The Kier molecular flexibility index (Phi) is 5.83. The minimum atomic E-state index is 0.867. The highest BCUT2D eigenvalue weighted by molar-refractivity contribution is 7.26. The summed E-state index contributed by atoms with van der Waals surface area (Å²) in [6.07, 6.45) is 0. The SMILES string of the molecule is c1ccc2cc(-c3ccc(N(c4cc5c6ccccc6sc5c5c4[nH]c4ccccc45)c4cccc5c4oc4ccccc45)cc3)ccc2c1. The highest BCUT2D eigenvalue weighted by atomic mass is 32.1. The van der Waals surface area contributed by atoms with Crippen LogP contribution in [-0.4, -0.2) is 4.98 Å². The first-order chi connectivity index (χ1) is 24.8. The Morgan fingerprint density at radius 1 is 0.500 bits per heavy atom. The summed E-state index contributed by atoms with van der Waals surface area (Å²) in [5.41, 5.74) is 9.50. The minimum Gasteiger partial charge on any atom is -0.454 e. The van der Waals surface area contributed by atoms with Crippen LogP contribution in [0.15, 0.2) is 168 Å². The fourth-order valence-corrected chi connectivity index (χ4v) is 9.09. The van der Waals surface area contributed by atoms with Crippen LogP contribution in [-0.2, 0) is 0 Å². The largest absolute Gasteiger partial charge is 0.454 e. The van der Waals surface area contributed by atoms with E-state index in [-0.39, 0.29) is 0 Å². The molecule has 0 atom stereocenters. The lowest BCUT2D eigenvalue weighted by Gasteiger charge is -2.26. The van der Waals surface area contributed by atoms with Crippen molar-refractivity contribution in [1.82, 2.24) is 4.98 Å². The molecule has 8 aromatic carbocycles. The van der Waals surface area contributed by atoms with Crippen LogP contribution < -0.4 is 4.90 Å². The number of benzene rings is 8. The maximum atomic E-state index is 6.71. The van der Waals surface area contributed by atoms with E-state index >= 15 is 0 Å². The predicted molar refractivity (Wildman–Crippen MR) is 214 cm³/mol. The number of anilines is 3. The third-order valence-electron chi connectivity index (χ3n) is 10.2. The first-order valence-electron chi connectivity index (χ1n) is 16.9. The average Bonchev–Trinajstić information content (AvgIpc) is 3.87. The van der Waals surface area contributed by atoms with Crippen LogP contribution in [0.2, 0.25) is 0 Å². The molecular formula is C46H28N2OS. The van der Waals surface area contributed by atoms with Gasteiger partial charge in [0.15, 0.2) is 5.58 Å². The van der Waals surface area contributed by atoms with E-state index < -0.39 is 0 Å². The van der Waals surface area contributed by atoms with Crippen molar-refractivity contribution < 1.29 is 4.42 Å². The molecule has 3 nitrogen and oxygen atoms in total. The van der Waals surface area contributed by atoms with E-state index in [2.05, 4.69) is 168 Å². The molecule has 0 radical (unpaired) electrons. The maximum absolute atomic E-state index is 6.71. The Bertz CT molecular complexity index is 3110. The van der Waals surface area contributed by atoms with Gasteiger partial charge in [0.05, 0.1) is 16.9 Å². The fourth-order valence-electron chi connectivity index (χ4n) is 7.84. The topological polar surface area (TPSA) is 32.2 Å². The molecule has 11 rings (SSSR count). The number of nitrogens with one attached hydrogen (secondary N) is 1. The number of H-pyrrole nitrogens is 1. The number of furan rings is 1. The van der Waals surface area contributed by atoms with Crippen LogP contribution in [0.25, 0.3) is 85.8 Å². The van der Waals surface area contributed by atoms with Gasteiger partial charge in [-0.1, -0.05) is 115 Å². The van der Waals surface area contributed by atoms with Gasteiger partial charge in [0, 0.05) is 52.9 Å². The van der Waals surface area contributed by atoms with E-state index in [4.69, 9.17) is 4.42 Å². The van der Waals surface area contributed by atoms with Crippen molar-refractivity contribution in [3.05, 3.63) is 164 Å². The van der Waals surface area contributed by atoms with Crippen molar-refractivity contribution >= 4 is 103 Å². The Morgan fingerprint density at radius 3 is 2.12 bits per heavy atom. The normalized spacial score (nSPS) is 12.0. The van der Waals surface area contributed by atoms with E-state index in [1.807, 2.05) is 17.4 Å². The van der Waals surface area contributed by atoms with Crippen LogP contribution in [0.1, 0.15) is 0 Å². The van der Waals surface area contributed by atoms with Gasteiger partial charge >= 0.3 is 0 Å². The molecule has 1 N–H and O–H groups in total. The zero-order chi connectivity index (χ0) is 32.8. The molecule has 0 unspecified atom stereocenters. The number of hydrogen-bond acceptors (Lipinski definition) is 3. The number of aromatic nitrogens is 1. The summed E-state index contributed by atoms with van der Waals surface area (Å²) in [5.74, 6) is 0. The summed E-state index contributed by atoms with van der Waals surface area (Å²) in [5, 5.41) is 9.72. The van der Waals surface area contributed by atoms with E-state index in [1.165, 1.54) is 52.8 Å². The Balaban J connectivity index is 1.21. The molecule has 11 aromatic rings. The number of para-hydroxylation sites is 3. The number of hydrogen-bond donors (Lipinski definition) is 1. The first kappa shape index (κ1) is 27.6. The number of aromatic amines is 1. The molecule has 0 saturated heterocycles. The van der Waals surface area contributed by atoms with Gasteiger partial charge in [-0.3, -0.25) is 0 Å². The average molecular weight is 657 g/mol. The third-order valence-corrected chi connectivity index (χ3v) is 11.4. The Labute approximate surface area is 291 Å². The van der Waals surface area contributed by atoms with Gasteiger partial charge in [0.25, 0.3) is 0 Å². The molecule has 0 bridgehead atoms. The Morgan fingerprint density at radius 2 is 1.22 bits per heavy atom. The Hall–Kier alpha value is -6.36. The van der Waals surface area contributed by atoms with Crippen molar-refractivity contribution in [1.29, 1.82) is 0 Å². The monoisotopic (exact) mass is 656 g/mol. The lowest BCUT2D eigenvalue weighted by molar-refractivity contribution is 0.669. The van der Waals surface area contributed by atoms with Gasteiger partial charge in [0.1, 0.15) is 5.58 Å². The molecule has 0 saturated carbocycles. The molecule has 234 valence electrons. The molecule has 0 spiro atoms. The second-order valence-corrected chi connectivity index (χ2v) is 14.0. The van der Waals surface area contributed by atoms with Gasteiger partial charge < -0.3 is 14.3 Å². The molecule has 0 aliphatic rings. The smallest absolute Gasteiger partial charge is 0.159 e. The predicted octanol–water partition coefficient (Wildman–Crippen LogP) is 13.9. The number of fused-ring (bicyclic) bond motifs is 11. The molecule has 0 amide bonds. The van der Waals surface area contributed by atoms with Crippen molar-refractivity contribution in [3.63, 3.8) is 0 Å². The number of rotatable bonds is 4. The minimum absolute atomic E-state index is 0.867. The number of nitrogens with zero attached hydrogens (tertiary/aromatic N) is 1. The van der Waals surface area contributed by atoms with Crippen molar-refractivity contribution in [2.45, 2.75) is 0 Å². The summed E-state index contributed by atoms with van der Waals surface area (Å²) >= 11 is 1.87.